The van der Waals surface area contributed by atoms with Gasteiger partial charge in [-0.3, -0.25) is 0 Å². The molecule has 98 valence electrons. The van der Waals surface area contributed by atoms with Crippen LogP contribution in [0.3, 0.4) is 0 Å². The standard InChI is InChI=1S/C13H9BrClNO3/c14-10-3-1-8(2-4-10)7-19-12-6-9(13(17)18)5-11(15)16-12/h1-6H,7H2,(H,17,18). The third kappa shape index (κ3) is 3.94. The lowest BCUT2D eigenvalue weighted by atomic mass is 10.2. The molecule has 0 unspecified atom stereocenters. The summed E-state index contributed by atoms with van der Waals surface area (Å²) < 4.78 is 6.41. The number of hydrogen-bond donors (Lipinski definition) is 1. The van der Waals surface area contributed by atoms with E-state index < -0.39 is 5.97 Å². The highest BCUT2D eigenvalue weighted by molar-refractivity contribution is 9.10. The number of carboxylic acids is 1. The van der Waals surface area contributed by atoms with Gasteiger partial charge in [-0.1, -0.05) is 39.7 Å². The molecule has 0 saturated carbocycles. The van der Waals surface area contributed by atoms with Crippen LogP contribution in [0.25, 0.3) is 0 Å². The molecule has 19 heavy (non-hydrogen) atoms. The molecule has 0 saturated heterocycles. The van der Waals surface area contributed by atoms with E-state index in [0.717, 1.165) is 10.0 Å². The van der Waals surface area contributed by atoms with Crippen molar-refractivity contribution in [1.82, 2.24) is 4.98 Å². The fourth-order valence-electron chi connectivity index (χ4n) is 1.41. The molecule has 0 atom stereocenters. The number of halogens is 2. The van der Waals surface area contributed by atoms with Gasteiger partial charge in [-0.05, 0) is 23.8 Å². The second kappa shape index (κ2) is 6.04. The summed E-state index contributed by atoms with van der Waals surface area (Å²) in [5.74, 6) is -0.884. The fourth-order valence-corrected chi connectivity index (χ4v) is 1.87. The lowest BCUT2D eigenvalue weighted by Gasteiger charge is -2.06. The van der Waals surface area contributed by atoms with Gasteiger partial charge in [0, 0.05) is 10.5 Å². The summed E-state index contributed by atoms with van der Waals surface area (Å²) >= 11 is 9.08. The monoisotopic (exact) mass is 341 g/mol. The number of hydrogen-bond acceptors (Lipinski definition) is 3. The van der Waals surface area contributed by atoms with E-state index in [1.54, 1.807) is 0 Å². The molecule has 2 aromatic rings. The first-order chi connectivity index (χ1) is 9.04. The summed E-state index contributed by atoms with van der Waals surface area (Å²) in [6.45, 7) is 0.291. The zero-order valence-corrected chi connectivity index (χ0v) is 12.0. The Morgan fingerprint density at radius 3 is 2.63 bits per heavy atom. The molecule has 0 aliphatic carbocycles. The number of carboxylic acid groups (broad SMARTS) is 1. The normalized spacial score (nSPS) is 10.2. The third-order valence-electron chi connectivity index (χ3n) is 2.32. The van der Waals surface area contributed by atoms with E-state index in [4.69, 9.17) is 21.4 Å². The van der Waals surface area contributed by atoms with Crippen molar-refractivity contribution in [3.05, 3.63) is 57.2 Å². The number of nitrogens with zero attached hydrogens (tertiary/aromatic N) is 1. The van der Waals surface area contributed by atoms with Gasteiger partial charge in [0.1, 0.15) is 11.8 Å². The SMILES string of the molecule is O=C(O)c1cc(Cl)nc(OCc2ccc(Br)cc2)c1. The van der Waals surface area contributed by atoms with Gasteiger partial charge in [0.05, 0.1) is 5.56 Å². The predicted octanol–water partition coefficient (Wildman–Crippen LogP) is 3.77. The molecule has 2 rings (SSSR count). The third-order valence-corrected chi connectivity index (χ3v) is 3.04. The minimum absolute atomic E-state index is 0.0470. The summed E-state index contributed by atoms with van der Waals surface area (Å²) in [4.78, 5) is 14.8. The molecule has 0 amide bonds. The zero-order chi connectivity index (χ0) is 13.8. The average molecular weight is 343 g/mol. The summed E-state index contributed by atoms with van der Waals surface area (Å²) in [5, 5.41) is 8.99. The van der Waals surface area contributed by atoms with Crippen molar-refractivity contribution >= 4 is 33.5 Å². The van der Waals surface area contributed by atoms with Crippen LogP contribution >= 0.6 is 27.5 Å². The van der Waals surface area contributed by atoms with Gasteiger partial charge in [0.15, 0.2) is 0 Å². The molecule has 0 spiro atoms. The minimum atomic E-state index is -1.07. The summed E-state index contributed by atoms with van der Waals surface area (Å²) in [6.07, 6.45) is 0. The van der Waals surface area contributed by atoms with E-state index in [0.29, 0.717) is 6.61 Å². The van der Waals surface area contributed by atoms with Crippen LogP contribution in [0.2, 0.25) is 5.15 Å². The Morgan fingerprint density at radius 1 is 1.32 bits per heavy atom. The molecule has 1 aromatic carbocycles. The Labute approximate surface area is 123 Å². The number of aromatic nitrogens is 1. The maximum absolute atomic E-state index is 10.9. The lowest BCUT2D eigenvalue weighted by molar-refractivity contribution is 0.0696. The molecule has 4 nitrogen and oxygen atoms in total. The predicted molar refractivity (Wildman–Crippen MR) is 74.7 cm³/mol. The number of aromatic carboxylic acids is 1. The smallest absolute Gasteiger partial charge is 0.335 e. The van der Waals surface area contributed by atoms with E-state index >= 15 is 0 Å². The van der Waals surface area contributed by atoms with Gasteiger partial charge < -0.3 is 9.84 Å². The van der Waals surface area contributed by atoms with E-state index in [1.165, 1.54) is 12.1 Å². The van der Waals surface area contributed by atoms with Crippen LogP contribution in [-0.2, 0) is 6.61 Å². The van der Waals surface area contributed by atoms with Crippen LogP contribution in [0, 0.1) is 0 Å². The molecule has 0 fully saturated rings. The van der Waals surface area contributed by atoms with E-state index in [2.05, 4.69) is 20.9 Å². The van der Waals surface area contributed by atoms with Crippen LogP contribution in [0.5, 0.6) is 5.88 Å². The van der Waals surface area contributed by atoms with Crippen LogP contribution in [0.1, 0.15) is 15.9 Å². The molecular weight excluding hydrogens is 334 g/mol. The lowest BCUT2D eigenvalue weighted by Crippen LogP contribution is -2.01. The largest absolute Gasteiger partial charge is 0.478 e. The van der Waals surface area contributed by atoms with Crippen molar-refractivity contribution in [1.29, 1.82) is 0 Å². The molecule has 1 heterocycles. The molecule has 0 aliphatic rings. The highest BCUT2D eigenvalue weighted by atomic mass is 79.9. The Balaban J connectivity index is 2.11. The Kier molecular flexibility index (Phi) is 4.39. The number of pyridine rings is 1. The van der Waals surface area contributed by atoms with E-state index in [9.17, 15) is 4.79 Å². The van der Waals surface area contributed by atoms with E-state index in [1.807, 2.05) is 24.3 Å². The first-order valence-electron chi connectivity index (χ1n) is 5.33. The molecule has 1 N–H and O–H groups in total. The molecule has 1 aromatic heterocycles. The Morgan fingerprint density at radius 2 is 2.00 bits per heavy atom. The topological polar surface area (TPSA) is 59.4 Å². The van der Waals surface area contributed by atoms with Crippen LogP contribution in [0.15, 0.2) is 40.9 Å². The van der Waals surface area contributed by atoms with Crippen LogP contribution in [0.4, 0.5) is 0 Å². The van der Waals surface area contributed by atoms with Gasteiger partial charge in [-0.2, -0.15) is 0 Å². The molecular formula is C13H9BrClNO3. The maximum atomic E-state index is 10.9. The van der Waals surface area contributed by atoms with Gasteiger partial charge in [0.25, 0.3) is 0 Å². The molecule has 0 aliphatic heterocycles. The first kappa shape index (κ1) is 13.8. The van der Waals surface area contributed by atoms with Crippen molar-refractivity contribution < 1.29 is 14.6 Å². The van der Waals surface area contributed by atoms with Gasteiger partial charge >= 0.3 is 5.97 Å². The van der Waals surface area contributed by atoms with E-state index in [-0.39, 0.29) is 16.6 Å². The second-order valence-electron chi connectivity index (χ2n) is 3.74. The molecule has 0 radical (unpaired) electrons. The quantitative estimate of drug-likeness (QED) is 0.859. The maximum Gasteiger partial charge on any atom is 0.335 e. The highest BCUT2D eigenvalue weighted by Gasteiger charge is 2.08. The van der Waals surface area contributed by atoms with Crippen molar-refractivity contribution in [2.75, 3.05) is 0 Å². The number of benzene rings is 1. The van der Waals surface area contributed by atoms with Gasteiger partial charge in [-0.15, -0.1) is 0 Å². The van der Waals surface area contributed by atoms with Crippen molar-refractivity contribution in [3.8, 4) is 5.88 Å². The molecule has 6 heteroatoms. The molecule has 0 bridgehead atoms. The van der Waals surface area contributed by atoms with Crippen molar-refractivity contribution in [3.63, 3.8) is 0 Å². The van der Waals surface area contributed by atoms with Crippen molar-refractivity contribution in [2.45, 2.75) is 6.61 Å². The highest BCUT2D eigenvalue weighted by Crippen LogP contribution is 2.18. The second-order valence-corrected chi connectivity index (χ2v) is 5.04. The summed E-state index contributed by atoms with van der Waals surface area (Å²) in [6, 6.07) is 10.2. The Bertz CT molecular complexity index is 601. The average Bonchev–Trinajstić information content (AvgIpc) is 2.37. The van der Waals surface area contributed by atoms with Gasteiger partial charge in [0.2, 0.25) is 5.88 Å². The van der Waals surface area contributed by atoms with Crippen LogP contribution < -0.4 is 4.74 Å². The summed E-state index contributed by atoms with van der Waals surface area (Å²) in [5.41, 5.74) is 0.993. The minimum Gasteiger partial charge on any atom is -0.478 e. The fraction of sp³-hybridized carbons (Fsp3) is 0.0769. The number of ether oxygens (including phenoxy) is 1. The number of carbonyl (C=O) groups is 1. The summed E-state index contributed by atoms with van der Waals surface area (Å²) in [7, 11) is 0. The van der Waals surface area contributed by atoms with Crippen molar-refractivity contribution in [2.24, 2.45) is 0 Å². The zero-order valence-electron chi connectivity index (χ0n) is 9.64. The number of rotatable bonds is 4. The van der Waals surface area contributed by atoms with Gasteiger partial charge in [-0.25, -0.2) is 9.78 Å². The van der Waals surface area contributed by atoms with Crippen LogP contribution in [-0.4, -0.2) is 16.1 Å². The first-order valence-corrected chi connectivity index (χ1v) is 6.50. The Hall–Kier alpha value is -1.59.